The minimum Gasteiger partial charge on any atom is -0.378 e. The fourth-order valence-electron chi connectivity index (χ4n) is 1.82. The van der Waals surface area contributed by atoms with Crippen molar-refractivity contribution in [2.75, 3.05) is 26.1 Å². The summed E-state index contributed by atoms with van der Waals surface area (Å²) in [6.45, 7) is 10.4. The topological polar surface area (TPSA) is 37.4 Å². The van der Waals surface area contributed by atoms with Gasteiger partial charge in [-0.3, -0.25) is 0 Å². The minimum atomic E-state index is 0.227. The molecule has 1 unspecified atom stereocenters. The Balaban J connectivity index is 2.97. The summed E-state index contributed by atoms with van der Waals surface area (Å²) in [6, 6.07) is 0.427. The van der Waals surface area contributed by atoms with E-state index in [1.807, 2.05) is 7.05 Å². The summed E-state index contributed by atoms with van der Waals surface area (Å²) < 4.78 is 5.23. The van der Waals surface area contributed by atoms with Gasteiger partial charge in [0.25, 0.3) is 0 Å². The van der Waals surface area contributed by atoms with Crippen molar-refractivity contribution in [2.45, 2.75) is 46.9 Å². The molecule has 110 valence electrons. The number of thiazole rings is 1. The summed E-state index contributed by atoms with van der Waals surface area (Å²) in [4.78, 5) is 8.26. The summed E-state index contributed by atoms with van der Waals surface area (Å²) in [5.41, 5.74) is 1.27. The second-order valence-corrected chi connectivity index (χ2v) is 7.04. The van der Waals surface area contributed by atoms with Crippen LogP contribution in [-0.4, -0.2) is 32.2 Å². The third-order valence-electron chi connectivity index (χ3n) is 3.52. The Morgan fingerprint density at radius 2 is 2.05 bits per heavy atom. The van der Waals surface area contributed by atoms with Gasteiger partial charge in [0, 0.05) is 31.6 Å². The molecule has 0 aromatic carbocycles. The molecule has 1 N–H and O–H groups in total. The lowest BCUT2D eigenvalue weighted by Crippen LogP contribution is -2.39. The molecule has 0 saturated carbocycles. The maximum Gasteiger partial charge on any atom is 0.185 e. The summed E-state index contributed by atoms with van der Waals surface area (Å²) in [5.74, 6) is 0. The maximum atomic E-state index is 5.23. The van der Waals surface area contributed by atoms with Gasteiger partial charge in [-0.1, -0.05) is 20.8 Å². The number of nitrogens with one attached hydrogen (secondary N) is 1. The van der Waals surface area contributed by atoms with E-state index in [1.165, 1.54) is 4.88 Å². The van der Waals surface area contributed by atoms with Crippen molar-refractivity contribution in [1.29, 1.82) is 0 Å². The zero-order chi connectivity index (χ0) is 14.6. The molecule has 0 fully saturated rings. The van der Waals surface area contributed by atoms with Crippen LogP contribution in [0.3, 0.4) is 0 Å². The number of methoxy groups -OCH3 is 1. The molecule has 0 aliphatic carbocycles. The van der Waals surface area contributed by atoms with E-state index >= 15 is 0 Å². The molecular weight excluding hydrogens is 258 g/mol. The van der Waals surface area contributed by atoms with Crippen molar-refractivity contribution < 1.29 is 4.74 Å². The second kappa shape index (κ2) is 6.68. The van der Waals surface area contributed by atoms with Crippen LogP contribution >= 0.6 is 11.3 Å². The highest BCUT2D eigenvalue weighted by Gasteiger charge is 2.26. The first kappa shape index (κ1) is 16.4. The predicted octanol–water partition coefficient (Wildman–Crippen LogP) is 2.88. The van der Waals surface area contributed by atoms with Gasteiger partial charge in [-0.05, 0) is 19.4 Å². The first-order valence-electron chi connectivity index (χ1n) is 6.66. The zero-order valence-corrected chi connectivity index (χ0v) is 14.0. The van der Waals surface area contributed by atoms with Crippen molar-refractivity contribution in [3.8, 4) is 0 Å². The Labute approximate surface area is 121 Å². The van der Waals surface area contributed by atoms with Crippen LogP contribution in [0.25, 0.3) is 0 Å². The van der Waals surface area contributed by atoms with Crippen molar-refractivity contribution in [3.63, 3.8) is 0 Å². The summed E-state index contributed by atoms with van der Waals surface area (Å²) in [5, 5.41) is 4.26. The van der Waals surface area contributed by atoms with Crippen LogP contribution in [-0.2, 0) is 17.9 Å². The molecule has 0 saturated heterocycles. The first-order chi connectivity index (χ1) is 8.81. The molecule has 1 aromatic rings. The van der Waals surface area contributed by atoms with E-state index in [2.05, 4.69) is 45.0 Å². The van der Waals surface area contributed by atoms with Crippen LogP contribution in [0.1, 0.15) is 38.3 Å². The normalized spacial score (nSPS) is 13.6. The van der Waals surface area contributed by atoms with Crippen LogP contribution in [0, 0.1) is 5.41 Å². The monoisotopic (exact) mass is 285 g/mol. The molecule has 0 radical (unpaired) electrons. The Bertz CT molecular complexity index is 374. The van der Waals surface area contributed by atoms with Crippen LogP contribution in [0.5, 0.6) is 0 Å². The van der Waals surface area contributed by atoms with Crippen molar-refractivity contribution in [2.24, 2.45) is 5.41 Å². The van der Waals surface area contributed by atoms with E-state index in [1.54, 1.807) is 18.4 Å². The SMILES string of the molecule is CNCc1sc(N(C)C(C)C(C)(C)C)nc1COC. The van der Waals surface area contributed by atoms with Gasteiger partial charge in [0.2, 0.25) is 0 Å². The average Bonchev–Trinajstić information content (AvgIpc) is 2.70. The molecule has 5 heteroatoms. The fourth-order valence-corrected chi connectivity index (χ4v) is 2.93. The number of aromatic nitrogens is 1. The summed E-state index contributed by atoms with van der Waals surface area (Å²) in [6.07, 6.45) is 0. The molecule has 0 aliphatic rings. The molecule has 1 atom stereocenters. The number of nitrogens with zero attached hydrogens (tertiary/aromatic N) is 2. The van der Waals surface area contributed by atoms with Crippen molar-refractivity contribution >= 4 is 16.5 Å². The summed E-state index contributed by atoms with van der Waals surface area (Å²) in [7, 11) is 5.79. The van der Waals surface area contributed by atoms with Gasteiger partial charge in [-0.15, -0.1) is 11.3 Å². The number of rotatable bonds is 6. The van der Waals surface area contributed by atoms with E-state index in [4.69, 9.17) is 9.72 Å². The third-order valence-corrected chi connectivity index (χ3v) is 4.71. The van der Waals surface area contributed by atoms with E-state index in [9.17, 15) is 0 Å². The van der Waals surface area contributed by atoms with Gasteiger partial charge in [0.15, 0.2) is 5.13 Å². The van der Waals surface area contributed by atoms with E-state index in [0.717, 1.165) is 17.4 Å². The lowest BCUT2D eigenvalue weighted by Gasteiger charge is -2.35. The molecule has 0 amide bonds. The number of anilines is 1. The van der Waals surface area contributed by atoms with E-state index < -0.39 is 0 Å². The van der Waals surface area contributed by atoms with Gasteiger partial charge >= 0.3 is 0 Å². The molecule has 0 aliphatic heterocycles. The molecule has 0 spiro atoms. The highest BCUT2D eigenvalue weighted by atomic mass is 32.1. The van der Waals surface area contributed by atoms with Crippen molar-refractivity contribution in [1.82, 2.24) is 10.3 Å². The van der Waals surface area contributed by atoms with Crippen LogP contribution in [0.4, 0.5) is 5.13 Å². The van der Waals surface area contributed by atoms with Crippen molar-refractivity contribution in [3.05, 3.63) is 10.6 Å². The Morgan fingerprint density at radius 3 is 2.53 bits per heavy atom. The molecule has 1 rings (SSSR count). The largest absolute Gasteiger partial charge is 0.378 e. The highest BCUT2D eigenvalue weighted by molar-refractivity contribution is 7.15. The fraction of sp³-hybridized carbons (Fsp3) is 0.786. The molecular formula is C14H27N3OS. The molecule has 1 heterocycles. The average molecular weight is 285 g/mol. The van der Waals surface area contributed by atoms with Gasteiger partial charge < -0.3 is 15.0 Å². The number of ether oxygens (including phenoxy) is 1. The zero-order valence-electron chi connectivity index (χ0n) is 13.2. The third kappa shape index (κ3) is 4.16. The minimum absolute atomic E-state index is 0.227. The van der Waals surface area contributed by atoms with E-state index in [-0.39, 0.29) is 5.41 Å². The lowest BCUT2D eigenvalue weighted by molar-refractivity contribution is 0.181. The molecule has 4 nitrogen and oxygen atoms in total. The van der Waals surface area contributed by atoms with Gasteiger partial charge in [0.1, 0.15) is 0 Å². The van der Waals surface area contributed by atoms with Gasteiger partial charge in [0.05, 0.1) is 12.3 Å². The Hall–Kier alpha value is -0.650. The maximum absolute atomic E-state index is 5.23. The van der Waals surface area contributed by atoms with Gasteiger partial charge in [-0.25, -0.2) is 4.98 Å². The standard InChI is InChI=1S/C14H27N3OS/c1-10(14(2,3)4)17(6)13-16-11(9-18-7)12(19-13)8-15-5/h10,15H,8-9H2,1-7H3. The van der Waals surface area contributed by atoms with Crippen LogP contribution in [0.2, 0.25) is 0 Å². The molecule has 19 heavy (non-hydrogen) atoms. The van der Waals surface area contributed by atoms with Gasteiger partial charge in [-0.2, -0.15) is 0 Å². The first-order valence-corrected chi connectivity index (χ1v) is 7.47. The Morgan fingerprint density at radius 1 is 1.42 bits per heavy atom. The van der Waals surface area contributed by atoms with E-state index in [0.29, 0.717) is 12.6 Å². The lowest BCUT2D eigenvalue weighted by atomic mass is 9.87. The number of hydrogen-bond acceptors (Lipinski definition) is 5. The predicted molar refractivity (Wildman–Crippen MR) is 82.9 cm³/mol. The van der Waals surface area contributed by atoms with Crippen LogP contribution in [0.15, 0.2) is 0 Å². The molecule has 1 aromatic heterocycles. The van der Waals surface area contributed by atoms with Crippen LogP contribution < -0.4 is 10.2 Å². The smallest absolute Gasteiger partial charge is 0.185 e. The highest BCUT2D eigenvalue weighted by Crippen LogP contribution is 2.32. The number of hydrogen-bond donors (Lipinski definition) is 1. The summed E-state index contributed by atoms with van der Waals surface area (Å²) >= 11 is 1.75. The second-order valence-electron chi connectivity index (χ2n) is 5.98. The quantitative estimate of drug-likeness (QED) is 0.872. The Kier molecular flexibility index (Phi) is 5.77. The molecule has 0 bridgehead atoms.